The van der Waals surface area contributed by atoms with E-state index in [0.29, 0.717) is 0 Å². The van der Waals surface area contributed by atoms with Gasteiger partial charge in [-0.2, -0.15) is 11.8 Å². The predicted octanol–water partition coefficient (Wildman–Crippen LogP) is 1.37. The summed E-state index contributed by atoms with van der Waals surface area (Å²) in [6.45, 7) is 4.49. The van der Waals surface area contributed by atoms with Crippen LogP contribution in [0.25, 0.3) is 0 Å². The van der Waals surface area contributed by atoms with E-state index in [2.05, 4.69) is 28.8 Å². The Kier molecular flexibility index (Phi) is 4.87. The predicted molar refractivity (Wildman–Crippen MR) is 78.1 cm³/mol. The number of hydrogen-bond donors (Lipinski definition) is 1. The van der Waals surface area contributed by atoms with E-state index in [1.54, 1.807) is 18.0 Å². The molecular weight excluding hydrogens is 260 g/mol. The van der Waals surface area contributed by atoms with Crippen molar-refractivity contribution in [2.75, 3.05) is 32.9 Å². The van der Waals surface area contributed by atoms with Crippen molar-refractivity contribution in [3.63, 3.8) is 0 Å². The van der Waals surface area contributed by atoms with E-state index in [-0.39, 0.29) is 17.2 Å². The Hall–Kier alpha value is -1.01. The van der Waals surface area contributed by atoms with Gasteiger partial charge in [0.25, 0.3) is 0 Å². The molecule has 1 aromatic rings. The van der Waals surface area contributed by atoms with E-state index in [4.69, 9.17) is 0 Å². The van der Waals surface area contributed by atoms with Crippen LogP contribution in [-0.4, -0.2) is 63.9 Å². The SMILES string of the molecule is CC[C@H](SC)C(=O)N1CCN(C)[C@H](c2ncc[nH]2)C1. The molecule has 1 saturated heterocycles. The number of nitrogens with one attached hydrogen (secondary N) is 1. The number of nitrogens with zero attached hydrogens (tertiary/aromatic N) is 3. The number of likely N-dealkylation sites (N-methyl/N-ethyl adjacent to an activating group) is 1. The Balaban J connectivity index is 2.07. The van der Waals surface area contributed by atoms with Gasteiger partial charge < -0.3 is 9.88 Å². The third-order valence-corrected chi connectivity index (χ3v) is 4.83. The van der Waals surface area contributed by atoms with E-state index < -0.39 is 0 Å². The summed E-state index contributed by atoms with van der Waals surface area (Å²) in [5.41, 5.74) is 0. The number of aromatic nitrogens is 2. The van der Waals surface area contributed by atoms with Gasteiger partial charge >= 0.3 is 0 Å². The van der Waals surface area contributed by atoms with Gasteiger partial charge in [-0.1, -0.05) is 6.92 Å². The molecule has 19 heavy (non-hydrogen) atoms. The van der Waals surface area contributed by atoms with Gasteiger partial charge in [-0.05, 0) is 19.7 Å². The van der Waals surface area contributed by atoms with Crippen LogP contribution in [0.4, 0.5) is 0 Å². The summed E-state index contributed by atoms with van der Waals surface area (Å²) >= 11 is 1.64. The van der Waals surface area contributed by atoms with E-state index in [9.17, 15) is 4.79 Å². The first-order chi connectivity index (χ1) is 9.17. The second-order valence-electron chi connectivity index (χ2n) is 4.89. The molecule has 1 N–H and O–H groups in total. The molecule has 0 aliphatic carbocycles. The first kappa shape index (κ1) is 14.4. The minimum absolute atomic E-state index is 0.0839. The van der Waals surface area contributed by atoms with Crippen LogP contribution in [0.1, 0.15) is 25.2 Å². The summed E-state index contributed by atoms with van der Waals surface area (Å²) in [5.74, 6) is 1.21. The number of thioether (sulfide) groups is 1. The van der Waals surface area contributed by atoms with E-state index >= 15 is 0 Å². The molecule has 1 aliphatic rings. The zero-order chi connectivity index (χ0) is 13.8. The molecule has 2 rings (SSSR count). The lowest BCUT2D eigenvalue weighted by atomic mass is 10.1. The molecule has 1 aromatic heterocycles. The lowest BCUT2D eigenvalue weighted by molar-refractivity contribution is -0.133. The van der Waals surface area contributed by atoms with Crippen molar-refractivity contribution in [1.82, 2.24) is 19.8 Å². The molecule has 1 fully saturated rings. The zero-order valence-corrected chi connectivity index (χ0v) is 12.6. The fourth-order valence-electron chi connectivity index (χ4n) is 2.47. The number of H-pyrrole nitrogens is 1. The first-order valence-electron chi connectivity index (χ1n) is 6.68. The summed E-state index contributed by atoms with van der Waals surface area (Å²) in [7, 11) is 2.08. The molecule has 1 amide bonds. The third kappa shape index (κ3) is 3.12. The second-order valence-corrected chi connectivity index (χ2v) is 5.93. The lowest BCUT2D eigenvalue weighted by Crippen LogP contribution is -2.51. The molecule has 1 aliphatic heterocycles. The van der Waals surface area contributed by atoms with Crippen LogP contribution in [0, 0.1) is 0 Å². The molecule has 2 atom stereocenters. The van der Waals surface area contributed by atoms with Gasteiger partial charge in [0.1, 0.15) is 5.82 Å². The van der Waals surface area contributed by atoms with Gasteiger partial charge in [-0.25, -0.2) is 4.98 Å². The molecule has 0 spiro atoms. The van der Waals surface area contributed by atoms with Crippen molar-refractivity contribution in [3.05, 3.63) is 18.2 Å². The monoisotopic (exact) mass is 282 g/mol. The average molecular weight is 282 g/mol. The van der Waals surface area contributed by atoms with Crippen LogP contribution in [0.5, 0.6) is 0 Å². The number of hydrogen-bond acceptors (Lipinski definition) is 4. The highest BCUT2D eigenvalue weighted by molar-refractivity contribution is 7.99. The molecule has 0 bridgehead atoms. The number of aromatic amines is 1. The van der Waals surface area contributed by atoms with E-state index in [0.717, 1.165) is 31.9 Å². The summed E-state index contributed by atoms with van der Waals surface area (Å²) in [6, 6.07) is 0.173. The number of imidazole rings is 1. The first-order valence-corrected chi connectivity index (χ1v) is 7.97. The van der Waals surface area contributed by atoms with E-state index in [1.807, 2.05) is 17.4 Å². The summed E-state index contributed by atoms with van der Waals surface area (Å²) in [4.78, 5) is 24.2. The molecule has 0 unspecified atom stereocenters. The highest BCUT2D eigenvalue weighted by Crippen LogP contribution is 2.23. The standard InChI is InChI=1S/C13H22N4OS/c1-4-11(19-3)13(18)17-8-7-16(2)10(9-17)12-14-5-6-15-12/h5-6,10-11H,4,7-9H2,1-3H3,(H,14,15)/t10-,11-/m0/s1. The molecule has 0 aromatic carbocycles. The number of rotatable bonds is 4. The topological polar surface area (TPSA) is 52.2 Å². The van der Waals surface area contributed by atoms with Crippen LogP contribution >= 0.6 is 11.8 Å². The Morgan fingerprint density at radius 3 is 3.00 bits per heavy atom. The van der Waals surface area contributed by atoms with Crippen molar-refractivity contribution < 1.29 is 4.79 Å². The maximum absolute atomic E-state index is 12.4. The van der Waals surface area contributed by atoms with Crippen molar-refractivity contribution in [1.29, 1.82) is 0 Å². The molecule has 0 radical (unpaired) electrons. The Labute approximate surface area is 118 Å². The van der Waals surface area contributed by atoms with Gasteiger partial charge in [0.05, 0.1) is 11.3 Å². The molecular formula is C13H22N4OS. The van der Waals surface area contributed by atoms with Crippen LogP contribution in [-0.2, 0) is 4.79 Å². The molecule has 5 nitrogen and oxygen atoms in total. The fourth-order valence-corrected chi connectivity index (χ4v) is 3.16. The van der Waals surface area contributed by atoms with Crippen molar-refractivity contribution in [2.45, 2.75) is 24.6 Å². The fraction of sp³-hybridized carbons (Fsp3) is 0.692. The highest BCUT2D eigenvalue weighted by atomic mass is 32.2. The van der Waals surface area contributed by atoms with Crippen LogP contribution in [0.15, 0.2) is 12.4 Å². The Morgan fingerprint density at radius 2 is 2.42 bits per heavy atom. The molecule has 106 valence electrons. The largest absolute Gasteiger partial charge is 0.347 e. The lowest BCUT2D eigenvalue weighted by Gasteiger charge is -2.39. The van der Waals surface area contributed by atoms with Crippen LogP contribution in [0.2, 0.25) is 0 Å². The maximum atomic E-state index is 12.4. The zero-order valence-electron chi connectivity index (χ0n) is 11.8. The van der Waals surface area contributed by atoms with Gasteiger partial charge in [0, 0.05) is 32.0 Å². The van der Waals surface area contributed by atoms with Crippen molar-refractivity contribution in [2.24, 2.45) is 0 Å². The molecule has 6 heteroatoms. The van der Waals surface area contributed by atoms with Crippen molar-refractivity contribution in [3.8, 4) is 0 Å². The number of carbonyl (C=O) groups is 1. The highest BCUT2D eigenvalue weighted by Gasteiger charge is 2.32. The van der Waals surface area contributed by atoms with Crippen molar-refractivity contribution >= 4 is 17.7 Å². The molecule has 2 heterocycles. The van der Waals surface area contributed by atoms with Crippen LogP contribution < -0.4 is 0 Å². The van der Waals surface area contributed by atoms with Gasteiger partial charge in [-0.3, -0.25) is 9.69 Å². The number of carbonyl (C=O) groups excluding carboxylic acids is 1. The Morgan fingerprint density at radius 1 is 1.63 bits per heavy atom. The summed E-state index contributed by atoms with van der Waals surface area (Å²) in [5, 5.41) is 0.0839. The Bertz CT molecular complexity index is 405. The number of piperazine rings is 1. The van der Waals surface area contributed by atoms with Gasteiger partial charge in [0.2, 0.25) is 5.91 Å². The van der Waals surface area contributed by atoms with Gasteiger partial charge in [0.15, 0.2) is 0 Å². The maximum Gasteiger partial charge on any atom is 0.235 e. The summed E-state index contributed by atoms with van der Waals surface area (Å²) in [6.07, 6.45) is 6.49. The second kappa shape index (κ2) is 6.43. The minimum Gasteiger partial charge on any atom is -0.347 e. The summed E-state index contributed by atoms with van der Waals surface area (Å²) < 4.78 is 0. The molecule has 0 saturated carbocycles. The smallest absolute Gasteiger partial charge is 0.235 e. The quantitative estimate of drug-likeness (QED) is 0.906. The van der Waals surface area contributed by atoms with E-state index in [1.165, 1.54) is 0 Å². The number of amides is 1. The average Bonchev–Trinajstić information content (AvgIpc) is 2.94. The third-order valence-electron chi connectivity index (χ3n) is 3.73. The minimum atomic E-state index is 0.0839. The normalized spacial score (nSPS) is 22.5. The van der Waals surface area contributed by atoms with Gasteiger partial charge in [-0.15, -0.1) is 0 Å². The van der Waals surface area contributed by atoms with Crippen LogP contribution in [0.3, 0.4) is 0 Å².